The first-order valence-corrected chi connectivity index (χ1v) is 8.30. The van der Waals surface area contributed by atoms with Crippen LogP contribution in [-0.2, 0) is 16.7 Å². The molecule has 1 N–H and O–H groups in total. The minimum atomic E-state index is 0.0514. The Bertz CT molecular complexity index is 572. The van der Waals surface area contributed by atoms with Crippen molar-refractivity contribution < 1.29 is 4.74 Å². The molecule has 3 heterocycles. The van der Waals surface area contributed by atoms with E-state index in [-0.39, 0.29) is 5.41 Å². The molecule has 3 rings (SSSR count). The van der Waals surface area contributed by atoms with E-state index in [0.29, 0.717) is 5.92 Å². The molecule has 120 valence electrons. The Kier molecular flexibility index (Phi) is 4.39. The number of ether oxygens (including phenoxy) is 1. The highest BCUT2D eigenvalue weighted by Crippen LogP contribution is 2.27. The van der Waals surface area contributed by atoms with E-state index in [4.69, 9.17) is 9.72 Å². The van der Waals surface area contributed by atoms with Crippen LogP contribution in [0, 0.1) is 5.92 Å². The second-order valence-electron chi connectivity index (χ2n) is 7.32. The maximum atomic E-state index is 5.48. The van der Waals surface area contributed by atoms with E-state index in [9.17, 15) is 0 Å². The first-order valence-electron chi connectivity index (χ1n) is 8.30. The van der Waals surface area contributed by atoms with Crippen LogP contribution in [0.2, 0.25) is 0 Å². The van der Waals surface area contributed by atoms with Crippen molar-refractivity contribution in [2.45, 2.75) is 45.6 Å². The average molecular weight is 301 g/mol. The topological polar surface area (TPSA) is 39.1 Å². The minimum Gasteiger partial charge on any atom is -0.387 e. The molecule has 0 saturated carbocycles. The molecule has 4 heteroatoms. The molecule has 2 aliphatic heterocycles. The molecule has 0 radical (unpaired) electrons. The number of dihydropyridines is 1. The molecular formula is C18H27N3O. The van der Waals surface area contributed by atoms with Crippen LogP contribution < -0.4 is 5.32 Å². The van der Waals surface area contributed by atoms with Crippen molar-refractivity contribution in [3.8, 4) is 0 Å². The molecule has 0 bridgehead atoms. The number of rotatable bonds is 3. The lowest BCUT2D eigenvalue weighted by Gasteiger charge is -2.25. The minimum absolute atomic E-state index is 0.0514. The number of allylic oxidation sites excluding steroid dienone is 2. The molecule has 1 saturated heterocycles. The van der Waals surface area contributed by atoms with Gasteiger partial charge in [-0.25, -0.2) is 4.98 Å². The highest BCUT2D eigenvalue weighted by atomic mass is 16.5. The van der Waals surface area contributed by atoms with Gasteiger partial charge in [0.05, 0.1) is 5.69 Å². The second kappa shape index (κ2) is 6.29. The summed E-state index contributed by atoms with van der Waals surface area (Å²) >= 11 is 0. The normalized spacial score (nSPS) is 19.9. The summed E-state index contributed by atoms with van der Waals surface area (Å²) in [5.41, 5.74) is 2.29. The molecule has 22 heavy (non-hydrogen) atoms. The zero-order valence-electron chi connectivity index (χ0n) is 13.9. The van der Waals surface area contributed by atoms with Crippen molar-refractivity contribution in [1.29, 1.82) is 0 Å². The Morgan fingerprint density at radius 2 is 2.09 bits per heavy atom. The molecule has 0 spiro atoms. The van der Waals surface area contributed by atoms with Gasteiger partial charge in [-0.3, -0.25) is 0 Å². The van der Waals surface area contributed by atoms with Gasteiger partial charge in [0, 0.05) is 49.7 Å². The van der Waals surface area contributed by atoms with E-state index in [1.807, 2.05) is 0 Å². The van der Waals surface area contributed by atoms with Crippen LogP contribution in [0.25, 0.3) is 5.57 Å². The van der Waals surface area contributed by atoms with Crippen molar-refractivity contribution in [3.05, 3.63) is 36.1 Å². The van der Waals surface area contributed by atoms with Crippen molar-refractivity contribution in [2.75, 3.05) is 19.8 Å². The summed E-state index contributed by atoms with van der Waals surface area (Å²) in [7, 11) is 0. The van der Waals surface area contributed by atoms with Crippen molar-refractivity contribution in [2.24, 2.45) is 5.92 Å². The standard InChI is InChI=1S/C18H27N3O/c1-18(2,3)17-20-16(15-5-4-8-19-11-15)13-21(17)12-14-6-9-22-10-7-14/h4-5,11,13-14,19H,6-10,12H2,1-3H3. The zero-order valence-corrected chi connectivity index (χ0v) is 13.9. The second-order valence-corrected chi connectivity index (χ2v) is 7.32. The van der Waals surface area contributed by atoms with Gasteiger partial charge in [0.1, 0.15) is 5.82 Å². The fraction of sp³-hybridized carbons (Fsp3) is 0.611. The summed E-state index contributed by atoms with van der Waals surface area (Å²) < 4.78 is 7.85. The molecular weight excluding hydrogens is 274 g/mol. The summed E-state index contributed by atoms with van der Waals surface area (Å²) in [6.45, 7) is 10.5. The molecule has 0 amide bonds. The van der Waals surface area contributed by atoms with Crippen LogP contribution >= 0.6 is 0 Å². The highest BCUT2D eigenvalue weighted by Gasteiger charge is 2.24. The third kappa shape index (κ3) is 3.43. The Hall–Kier alpha value is -1.55. The van der Waals surface area contributed by atoms with Crippen molar-refractivity contribution in [3.63, 3.8) is 0 Å². The monoisotopic (exact) mass is 301 g/mol. The quantitative estimate of drug-likeness (QED) is 0.932. The van der Waals surface area contributed by atoms with Gasteiger partial charge < -0.3 is 14.6 Å². The van der Waals surface area contributed by atoms with E-state index in [1.54, 1.807) is 0 Å². The average Bonchev–Trinajstić information content (AvgIpc) is 2.93. The summed E-state index contributed by atoms with van der Waals surface area (Å²) in [5.74, 6) is 1.87. The Labute approximate surface area is 133 Å². The molecule has 1 aromatic rings. The lowest BCUT2D eigenvalue weighted by molar-refractivity contribution is 0.0607. The van der Waals surface area contributed by atoms with Gasteiger partial charge in [-0.15, -0.1) is 0 Å². The van der Waals surface area contributed by atoms with Crippen LogP contribution in [0.1, 0.15) is 45.1 Å². The molecule has 0 aliphatic carbocycles. The number of imidazole rings is 1. The number of hydrogen-bond acceptors (Lipinski definition) is 3. The molecule has 0 aromatic carbocycles. The molecule has 1 fully saturated rings. The summed E-state index contributed by atoms with van der Waals surface area (Å²) in [6, 6.07) is 0. The van der Waals surface area contributed by atoms with Crippen LogP contribution in [0.4, 0.5) is 0 Å². The molecule has 0 unspecified atom stereocenters. The predicted octanol–water partition coefficient (Wildman–Crippen LogP) is 3.11. The van der Waals surface area contributed by atoms with Crippen LogP contribution in [0.5, 0.6) is 0 Å². The molecule has 0 atom stereocenters. The Morgan fingerprint density at radius 3 is 2.73 bits per heavy atom. The van der Waals surface area contributed by atoms with Gasteiger partial charge in [0.25, 0.3) is 0 Å². The zero-order chi connectivity index (χ0) is 15.6. The Balaban J connectivity index is 1.87. The van der Waals surface area contributed by atoms with E-state index in [1.165, 1.54) is 11.4 Å². The number of aromatic nitrogens is 2. The fourth-order valence-corrected chi connectivity index (χ4v) is 3.13. The van der Waals surface area contributed by atoms with Crippen LogP contribution in [0.3, 0.4) is 0 Å². The highest BCUT2D eigenvalue weighted by molar-refractivity contribution is 5.72. The summed E-state index contributed by atoms with van der Waals surface area (Å²) in [6.07, 6.45) is 10.9. The lowest BCUT2D eigenvalue weighted by atomic mass is 9.94. The molecule has 4 nitrogen and oxygen atoms in total. The van der Waals surface area contributed by atoms with Crippen LogP contribution in [0.15, 0.2) is 24.5 Å². The lowest BCUT2D eigenvalue weighted by Crippen LogP contribution is -2.24. The van der Waals surface area contributed by atoms with Gasteiger partial charge >= 0.3 is 0 Å². The summed E-state index contributed by atoms with van der Waals surface area (Å²) in [4.78, 5) is 4.94. The summed E-state index contributed by atoms with van der Waals surface area (Å²) in [5, 5.41) is 3.27. The van der Waals surface area contributed by atoms with Crippen LogP contribution in [-0.4, -0.2) is 29.3 Å². The maximum absolute atomic E-state index is 5.48. The number of nitrogens with zero attached hydrogens (tertiary/aromatic N) is 2. The third-order valence-corrected chi connectivity index (χ3v) is 4.33. The molecule has 2 aliphatic rings. The van der Waals surface area contributed by atoms with Crippen molar-refractivity contribution >= 4 is 5.57 Å². The van der Waals surface area contributed by atoms with E-state index in [0.717, 1.165) is 44.8 Å². The maximum Gasteiger partial charge on any atom is 0.114 e. The number of hydrogen-bond donors (Lipinski definition) is 1. The van der Waals surface area contributed by atoms with E-state index >= 15 is 0 Å². The van der Waals surface area contributed by atoms with Gasteiger partial charge in [-0.2, -0.15) is 0 Å². The van der Waals surface area contributed by atoms with Gasteiger partial charge in [-0.1, -0.05) is 32.9 Å². The van der Waals surface area contributed by atoms with Gasteiger partial charge in [-0.05, 0) is 18.8 Å². The first kappa shape index (κ1) is 15.3. The number of nitrogens with one attached hydrogen (secondary N) is 1. The SMILES string of the molecule is CC(C)(C)c1nc(C2=CNCC=C2)cn1CC1CCOCC1. The fourth-order valence-electron chi connectivity index (χ4n) is 3.13. The van der Waals surface area contributed by atoms with Gasteiger partial charge in [0.2, 0.25) is 0 Å². The predicted molar refractivity (Wildman–Crippen MR) is 89.6 cm³/mol. The Morgan fingerprint density at radius 1 is 1.32 bits per heavy atom. The van der Waals surface area contributed by atoms with Gasteiger partial charge in [0.15, 0.2) is 0 Å². The van der Waals surface area contributed by atoms with E-state index < -0.39 is 0 Å². The van der Waals surface area contributed by atoms with Crippen molar-refractivity contribution in [1.82, 2.24) is 14.9 Å². The smallest absolute Gasteiger partial charge is 0.114 e. The largest absolute Gasteiger partial charge is 0.387 e. The first-order chi connectivity index (χ1) is 10.5. The van der Waals surface area contributed by atoms with E-state index in [2.05, 4.69) is 55.2 Å². The molecule has 1 aromatic heterocycles. The third-order valence-electron chi connectivity index (χ3n) is 4.33.